The number of nitrogens with one attached hydrogen (secondary N) is 2. The summed E-state index contributed by atoms with van der Waals surface area (Å²) < 4.78 is 32.8. The van der Waals surface area contributed by atoms with Crippen LogP contribution < -0.4 is 15.7 Å². The van der Waals surface area contributed by atoms with E-state index in [1.165, 1.54) is 22.8 Å². The number of hydrogen-bond acceptors (Lipinski definition) is 5. The van der Waals surface area contributed by atoms with Crippen LogP contribution in [-0.4, -0.2) is 33.2 Å². The van der Waals surface area contributed by atoms with Gasteiger partial charge in [0, 0.05) is 12.6 Å². The Morgan fingerprint density at radius 1 is 1.16 bits per heavy atom. The molecule has 5 rings (SSSR count). The zero-order valence-corrected chi connectivity index (χ0v) is 20.5. The number of ether oxygens (including phenoxy) is 1. The van der Waals surface area contributed by atoms with E-state index in [4.69, 9.17) is 4.74 Å². The Balaban J connectivity index is 0.000000301. The molecule has 0 saturated carbocycles. The van der Waals surface area contributed by atoms with Crippen molar-refractivity contribution in [2.24, 2.45) is 0 Å². The number of anilines is 1. The Morgan fingerprint density at radius 3 is 2.81 bits per heavy atom. The summed E-state index contributed by atoms with van der Waals surface area (Å²) in [4.78, 5) is 23.8. The van der Waals surface area contributed by atoms with Gasteiger partial charge in [0.2, 0.25) is 5.95 Å². The molecule has 9 heteroatoms. The van der Waals surface area contributed by atoms with Gasteiger partial charge < -0.3 is 15.0 Å². The molecular weight excluding hydrogens is 476 g/mol. The smallest absolute Gasteiger partial charge is 0.332 e. The second kappa shape index (κ2) is 11.9. The SMILES string of the molecule is CC1=CCC=CC(F)=C1.COc1cccc(-n2c(=O)[nH]c3cnc(NCCc4ccccc4F)nc32)c1. The molecule has 0 atom stereocenters. The van der Waals surface area contributed by atoms with Crippen molar-refractivity contribution in [3.05, 3.63) is 112 Å². The van der Waals surface area contributed by atoms with Crippen molar-refractivity contribution in [1.29, 1.82) is 0 Å². The lowest BCUT2D eigenvalue weighted by Crippen LogP contribution is -2.15. The highest BCUT2D eigenvalue weighted by Crippen LogP contribution is 2.19. The van der Waals surface area contributed by atoms with Crippen molar-refractivity contribution in [2.45, 2.75) is 19.8 Å². The maximum atomic E-state index is 13.7. The number of allylic oxidation sites excluding steroid dienone is 6. The molecule has 1 aliphatic carbocycles. The minimum atomic E-state index is -0.318. The molecule has 37 heavy (non-hydrogen) atoms. The summed E-state index contributed by atoms with van der Waals surface area (Å²) in [6.45, 7) is 2.35. The average molecular weight is 504 g/mol. The number of imidazole rings is 1. The van der Waals surface area contributed by atoms with Crippen molar-refractivity contribution in [3.8, 4) is 11.4 Å². The molecule has 2 aromatic heterocycles. The maximum Gasteiger partial charge on any atom is 0.332 e. The quantitative estimate of drug-likeness (QED) is 0.355. The van der Waals surface area contributed by atoms with E-state index < -0.39 is 0 Å². The largest absolute Gasteiger partial charge is 0.497 e. The average Bonchev–Trinajstić information content (AvgIpc) is 3.10. The summed E-state index contributed by atoms with van der Waals surface area (Å²) in [5, 5.41) is 3.08. The van der Waals surface area contributed by atoms with Gasteiger partial charge in [0.25, 0.3) is 0 Å². The fourth-order valence-corrected chi connectivity index (χ4v) is 3.74. The Kier molecular flexibility index (Phi) is 8.25. The molecule has 2 N–H and O–H groups in total. The minimum Gasteiger partial charge on any atom is -0.497 e. The molecule has 0 unspecified atom stereocenters. The molecule has 0 saturated heterocycles. The molecule has 0 spiro atoms. The monoisotopic (exact) mass is 503 g/mol. The molecule has 0 radical (unpaired) electrons. The van der Waals surface area contributed by atoms with Gasteiger partial charge in [0.1, 0.15) is 22.9 Å². The Bertz CT molecular complexity index is 1540. The Hall–Kier alpha value is -4.53. The van der Waals surface area contributed by atoms with E-state index in [2.05, 4.69) is 20.3 Å². The molecule has 190 valence electrons. The number of aromatic amines is 1. The summed E-state index contributed by atoms with van der Waals surface area (Å²) in [5.74, 6) is 0.606. The molecule has 0 bridgehead atoms. The molecular formula is C28H27F2N5O2. The van der Waals surface area contributed by atoms with Crippen molar-refractivity contribution >= 4 is 17.1 Å². The summed E-state index contributed by atoms with van der Waals surface area (Å²) in [5.41, 5.74) is 2.89. The highest BCUT2D eigenvalue weighted by Gasteiger charge is 2.12. The van der Waals surface area contributed by atoms with Crippen LogP contribution in [0.25, 0.3) is 16.9 Å². The lowest BCUT2D eigenvalue weighted by atomic mass is 10.1. The Morgan fingerprint density at radius 2 is 2.00 bits per heavy atom. The van der Waals surface area contributed by atoms with E-state index in [1.807, 2.05) is 19.1 Å². The number of H-pyrrole nitrogens is 1. The van der Waals surface area contributed by atoms with Crippen LogP contribution in [0.4, 0.5) is 14.7 Å². The van der Waals surface area contributed by atoms with Gasteiger partial charge in [-0.1, -0.05) is 42.0 Å². The predicted molar refractivity (Wildman–Crippen MR) is 141 cm³/mol. The van der Waals surface area contributed by atoms with Crippen LogP contribution in [0.1, 0.15) is 18.9 Å². The number of halogens is 2. The first-order chi connectivity index (χ1) is 17.9. The molecule has 2 aromatic carbocycles. The second-order valence-electron chi connectivity index (χ2n) is 8.28. The summed E-state index contributed by atoms with van der Waals surface area (Å²) in [6, 6.07) is 13.8. The van der Waals surface area contributed by atoms with E-state index in [0.29, 0.717) is 47.1 Å². The zero-order chi connectivity index (χ0) is 26.2. The van der Waals surface area contributed by atoms with Crippen LogP contribution in [0, 0.1) is 5.82 Å². The van der Waals surface area contributed by atoms with Crippen LogP contribution >= 0.6 is 0 Å². The molecule has 2 heterocycles. The first-order valence-electron chi connectivity index (χ1n) is 11.7. The lowest BCUT2D eigenvalue weighted by molar-refractivity contribution is 0.414. The first kappa shape index (κ1) is 25.6. The molecule has 1 aliphatic rings. The summed E-state index contributed by atoms with van der Waals surface area (Å²) in [6.07, 6.45) is 9.70. The maximum absolute atomic E-state index is 13.7. The van der Waals surface area contributed by atoms with E-state index in [-0.39, 0.29) is 17.3 Å². The molecule has 4 aromatic rings. The lowest BCUT2D eigenvalue weighted by Gasteiger charge is -2.07. The predicted octanol–water partition coefficient (Wildman–Crippen LogP) is 5.66. The number of fused-ring (bicyclic) bond motifs is 1. The van der Waals surface area contributed by atoms with E-state index >= 15 is 0 Å². The minimum absolute atomic E-state index is 0.152. The number of nitrogens with zero attached hydrogens (tertiary/aromatic N) is 3. The fraction of sp³-hybridized carbons (Fsp3) is 0.179. The highest BCUT2D eigenvalue weighted by atomic mass is 19.1. The third-order valence-corrected chi connectivity index (χ3v) is 5.59. The number of hydrogen-bond donors (Lipinski definition) is 2. The second-order valence-corrected chi connectivity index (χ2v) is 8.28. The van der Waals surface area contributed by atoms with E-state index in [9.17, 15) is 13.6 Å². The number of benzene rings is 2. The van der Waals surface area contributed by atoms with Crippen LogP contribution in [0.5, 0.6) is 5.75 Å². The van der Waals surface area contributed by atoms with Crippen molar-refractivity contribution in [3.63, 3.8) is 0 Å². The fourth-order valence-electron chi connectivity index (χ4n) is 3.74. The molecule has 0 amide bonds. The van der Waals surface area contributed by atoms with Gasteiger partial charge in [-0.25, -0.2) is 23.1 Å². The third kappa shape index (κ3) is 6.58. The number of rotatable bonds is 6. The van der Waals surface area contributed by atoms with Gasteiger partial charge in [-0.05, 0) is 55.7 Å². The third-order valence-electron chi connectivity index (χ3n) is 5.59. The standard InChI is InChI=1S/C20H18FN5O2.C8H9F/c1-28-15-7-4-6-14(11-15)26-18-17(24-20(26)27)12-23-19(25-18)22-10-9-13-5-2-3-8-16(13)21;1-7-4-2-3-5-8(9)6-7/h2-8,11-12H,9-10H2,1H3,(H,24,27)(H,22,23,25);3-6H,2H2,1H3. The van der Waals surface area contributed by atoms with Crippen LogP contribution in [0.3, 0.4) is 0 Å². The van der Waals surface area contributed by atoms with Crippen molar-refractivity contribution in [1.82, 2.24) is 19.5 Å². The van der Waals surface area contributed by atoms with E-state index in [1.54, 1.807) is 55.8 Å². The highest BCUT2D eigenvalue weighted by molar-refractivity contribution is 5.73. The van der Waals surface area contributed by atoms with Crippen LogP contribution in [0.2, 0.25) is 0 Å². The van der Waals surface area contributed by atoms with Gasteiger partial charge in [0.15, 0.2) is 5.65 Å². The van der Waals surface area contributed by atoms with Crippen molar-refractivity contribution < 1.29 is 13.5 Å². The Labute approximate surface area is 212 Å². The first-order valence-corrected chi connectivity index (χ1v) is 11.7. The summed E-state index contributed by atoms with van der Waals surface area (Å²) >= 11 is 0. The number of aromatic nitrogens is 4. The molecule has 0 fully saturated rings. The van der Waals surface area contributed by atoms with Gasteiger partial charge in [-0.3, -0.25) is 0 Å². The molecule has 7 nitrogen and oxygen atoms in total. The van der Waals surface area contributed by atoms with E-state index in [0.717, 1.165) is 12.0 Å². The van der Waals surface area contributed by atoms with Crippen LogP contribution in [-0.2, 0) is 6.42 Å². The zero-order valence-electron chi connectivity index (χ0n) is 20.5. The van der Waals surface area contributed by atoms with Gasteiger partial charge in [-0.15, -0.1) is 0 Å². The molecule has 0 aliphatic heterocycles. The van der Waals surface area contributed by atoms with Crippen molar-refractivity contribution in [2.75, 3.05) is 19.0 Å². The van der Waals surface area contributed by atoms with Crippen LogP contribution in [0.15, 0.2) is 95.2 Å². The van der Waals surface area contributed by atoms with Gasteiger partial charge in [-0.2, -0.15) is 4.98 Å². The van der Waals surface area contributed by atoms with Gasteiger partial charge >= 0.3 is 5.69 Å². The topological polar surface area (TPSA) is 84.8 Å². The normalized spacial score (nSPS) is 12.8. The number of methoxy groups -OCH3 is 1. The van der Waals surface area contributed by atoms with Gasteiger partial charge in [0.05, 0.1) is 19.0 Å². The summed E-state index contributed by atoms with van der Waals surface area (Å²) in [7, 11) is 1.57.